The summed E-state index contributed by atoms with van der Waals surface area (Å²) in [4.78, 5) is 0. The lowest BCUT2D eigenvalue weighted by Gasteiger charge is -2.20. The van der Waals surface area contributed by atoms with Crippen LogP contribution in [0.15, 0.2) is 0 Å². The van der Waals surface area contributed by atoms with Crippen molar-refractivity contribution in [2.45, 2.75) is 41.5 Å². The predicted molar refractivity (Wildman–Crippen MR) is 67.7 cm³/mol. The molecule has 0 saturated carbocycles. The summed E-state index contributed by atoms with van der Waals surface area (Å²) in [5, 5.41) is 0. The van der Waals surface area contributed by atoms with Gasteiger partial charge in [-0.05, 0) is 10.8 Å². The van der Waals surface area contributed by atoms with Crippen molar-refractivity contribution < 1.29 is 13.4 Å². The zero-order valence-corrected chi connectivity index (χ0v) is 12.6. The molecule has 0 aliphatic carbocycles. The van der Waals surface area contributed by atoms with E-state index in [4.69, 9.17) is 4.31 Å². The van der Waals surface area contributed by atoms with E-state index in [0.29, 0.717) is 12.3 Å². The maximum atomic E-state index is 11.5. The van der Waals surface area contributed by atoms with E-state index >= 15 is 0 Å². The van der Waals surface area contributed by atoms with Crippen molar-refractivity contribution in [1.82, 2.24) is 0 Å². The molecule has 0 aliphatic heterocycles. The van der Waals surface area contributed by atoms with Crippen LogP contribution in [0.5, 0.6) is 0 Å². The molecule has 0 amide bonds. The number of hydrogen-bond acceptors (Lipinski definition) is 3. The van der Waals surface area contributed by atoms with Crippen LogP contribution in [0.3, 0.4) is 0 Å². The molecule has 0 radical (unpaired) electrons. The lowest BCUT2D eigenvalue weighted by molar-refractivity contribution is 0.420. The average molecular weight is 254 g/mol. The third-order valence-electron chi connectivity index (χ3n) is 1.58. The standard InChI is InChI=1S/C10H24O3P2/c1-9(2,3)7-14(11)13-15(12)8-10(4,5)6/h14-15H,7-8H2,1-6H3. The van der Waals surface area contributed by atoms with Gasteiger partial charge in [0.15, 0.2) is 16.1 Å². The van der Waals surface area contributed by atoms with E-state index in [2.05, 4.69) is 0 Å². The van der Waals surface area contributed by atoms with Crippen LogP contribution in [0.4, 0.5) is 0 Å². The Bertz CT molecular complexity index is 222. The van der Waals surface area contributed by atoms with Crippen LogP contribution in [0.1, 0.15) is 41.5 Å². The highest BCUT2D eigenvalue weighted by Gasteiger charge is 2.20. The molecule has 0 N–H and O–H groups in total. The van der Waals surface area contributed by atoms with Gasteiger partial charge in [0, 0.05) is 12.3 Å². The fourth-order valence-electron chi connectivity index (χ4n) is 1.07. The quantitative estimate of drug-likeness (QED) is 0.711. The Morgan fingerprint density at radius 2 is 1.07 bits per heavy atom. The smallest absolute Gasteiger partial charge is 0.197 e. The van der Waals surface area contributed by atoms with Gasteiger partial charge < -0.3 is 0 Å². The molecule has 0 aliphatic rings. The molecule has 15 heavy (non-hydrogen) atoms. The van der Waals surface area contributed by atoms with E-state index < -0.39 is 16.1 Å². The summed E-state index contributed by atoms with van der Waals surface area (Å²) in [6, 6.07) is 0. The van der Waals surface area contributed by atoms with Crippen LogP contribution >= 0.6 is 16.1 Å². The van der Waals surface area contributed by atoms with Gasteiger partial charge in [-0.3, -0.25) is 13.4 Å². The van der Waals surface area contributed by atoms with Gasteiger partial charge in [0.1, 0.15) is 0 Å². The third kappa shape index (κ3) is 10.7. The topological polar surface area (TPSA) is 43.4 Å². The summed E-state index contributed by atoms with van der Waals surface area (Å²) in [6.45, 7) is 12.0. The Hall–Kier alpha value is 0.420. The summed E-state index contributed by atoms with van der Waals surface area (Å²) in [5.74, 6) is 0. The summed E-state index contributed by atoms with van der Waals surface area (Å²) < 4.78 is 28.2. The molecule has 0 spiro atoms. The first kappa shape index (κ1) is 15.4. The van der Waals surface area contributed by atoms with Crippen molar-refractivity contribution in [2.75, 3.05) is 12.3 Å². The zero-order valence-electron chi connectivity index (χ0n) is 10.6. The Labute approximate surface area is 94.7 Å². The van der Waals surface area contributed by atoms with Crippen LogP contribution in [0.2, 0.25) is 0 Å². The number of hydrogen-bond donors (Lipinski definition) is 0. The molecule has 0 saturated heterocycles. The van der Waals surface area contributed by atoms with Gasteiger partial charge in [-0.2, -0.15) is 0 Å². The summed E-state index contributed by atoms with van der Waals surface area (Å²) >= 11 is 0. The Morgan fingerprint density at radius 3 is 1.27 bits per heavy atom. The van der Waals surface area contributed by atoms with Crippen LogP contribution in [-0.2, 0) is 13.4 Å². The molecule has 5 heteroatoms. The van der Waals surface area contributed by atoms with Crippen LogP contribution < -0.4 is 0 Å². The van der Waals surface area contributed by atoms with E-state index in [1.165, 1.54) is 0 Å². The first-order valence-electron chi connectivity index (χ1n) is 5.23. The van der Waals surface area contributed by atoms with Crippen molar-refractivity contribution in [3.63, 3.8) is 0 Å². The van der Waals surface area contributed by atoms with Gasteiger partial charge in [0.25, 0.3) is 0 Å². The molecule has 0 aromatic carbocycles. The predicted octanol–water partition coefficient (Wildman–Crippen LogP) is 4.04. The van der Waals surface area contributed by atoms with E-state index in [9.17, 15) is 9.13 Å². The molecule has 0 aromatic heterocycles. The lowest BCUT2D eigenvalue weighted by Crippen LogP contribution is -2.10. The first-order valence-corrected chi connectivity index (χ1v) is 8.28. The van der Waals surface area contributed by atoms with Crippen molar-refractivity contribution in [3.05, 3.63) is 0 Å². The van der Waals surface area contributed by atoms with Crippen LogP contribution in [0.25, 0.3) is 0 Å². The highest BCUT2D eigenvalue weighted by molar-refractivity contribution is 7.53. The molecule has 2 unspecified atom stereocenters. The highest BCUT2D eigenvalue weighted by atomic mass is 31.2. The first-order chi connectivity index (χ1) is 6.49. The van der Waals surface area contributed by atoms with Gasteiger partial charge in [-0.1, -0.05) is 41.5 Å². The molecule has 0 fully saturated rings. The Balaban J connectivity index is 4.04. The van der Waals surface area contributed by atoms with Gasteiger partial charge >= 0.3 is 0 Å². The van der Waals surface area contributed by atoms with Crippen molar-refractivity contribution in [2.24, 2.45) is 10.8 Å². The fourth-order valence-corrected chi connectivity index (χ4v) is 4.39. The Morgan fingerprint density at radius 1 is 0.800 bits per heavy atom. The molecule has 0 rings (SSSR count). The summed E-state index contributed by atoms with van der Waals surface area (Å²) in [5.41, 5.74) is -0.0557. The van der Waals surface area contributed by atoms with E-state index in [1.807, 2.05) is 41.5 Å². The minimum atomic E-state index is -2.14. The maximum absolute atomic E-state index is 11.5. The summed E-state index contributed by atoms with van der Waals surface area (Å²) in [6.07, 6.45) is 0.996. The molecule has 92 valence electrons. The van der Waals surface area contributed by atoms with Crippen LogP contribution in [-0.4, -0.2) is 12.3 Å². The lowest BCUT2D eigenvalue weighted by atomic mass is 10.0. The molecular formula is C10H24O3P2. The second kappa shape index (κ2) is 5.66. The molecule has 3 nitrogen and oxygen atoms in total. The highest BCUT2D eigenvalue weighted by Crippen LogP contribution is 2.44. The SMILES string of the molecule is CC(C)(C)C[PH](=O)O[PH](=O)CC(C)(C)C. The monoisotopic (exact) mass is 254 g/mol. The molecule has 0 heterocycles. The van der Waals surface area contributed by atoms with Crippen molar-refractivity contribution >= 4 is 16.1 Å². The zero-order chi connectivity index (χ0) is 12.3. The van der Waals surface area contributed by atoms with E-state index in [1.54, 1.807) is 0 Å². The minimum absolute atomic E-state index is 0.0279. The Kier molecular flexibility index (Phi) is 5.82. The second-order valence-corrected chi connectivity index (χ2v) is 9.33. The van der Waals surface area contributed by atoms with Crippen molar-refractivity contribution in [1.29, 1.82) is 0 Å². The molecular weight excluding hydrogens is 230 g/mol. The maximum Gasteiger partial charge on any atom is 0.197 e. The normalized spacial score (nSPS) is 17.5. The van der Waals surface area contributed by atoms with E-state index in [-0.39, 0.29) is 10.8 Å². The van der Waals surface area contributed by atoms with Gasteiger partial charge in [0.05, 0.1) is 0 Å². The molecule has 2 atom stereocenters. The summed E-state index contributed by atoms with van der Waals surface area (Å²) in [7, 11) is -4.27. The minimum Gasteiger partial charge on any atom is -0.296 e. The van der Waals surface area contributed by atoms with Gasteiger partial charge in [-0.15, -0.1) is 0 Å². The molecule has 0 bridgehead atoms. The number of rotatable bonds is 4. The molecule has 0 aromatic rings. The third-order valence-corrected chi connectivity index (χ3v) is 6.10. The fraction of sp³-hybridized carbons (Fsp3) is 1.00. The van der Waals surface area contributed by atoms with Gasteiger partial charge in [0.2, 0.25) is 0 Å². The largest absolute Gasteiger partial charge is 0.296 e. The van der Waals surface area contributed by atoms with Crippen LogP contribution in [0, 0.1) is 10.8 Å². The van der Waals surface area contributed by atoms with Gasteiger partial charge in [-0.25, -0.2) is 0 Å². The van der Waals surface area contributed by atoms with E-state index in [0.717, 1.165) is 0 Å². The second-order valence-electron chi connectivity index (χ2n) is 6.32. The average Bonchev–Trinajstić information content (AvgIpc) is 1.73. The van der Waals surface area contributed by atoms with Crippen molar-refractivity contribution in [3.8, 4) is 0 Å².